The number of hydrogen-bond donors (Lipinski definition) is 1. The minimum Gasteiger partial charge on any atom is -0.489 e. The Hall–Kier alpha value is -1.51. The molecule has 0 saturated carbocycles. The third-order valence-corrected chi connectivity index (χ3v) is 4.19. The molecule has 118 valence electrons. The highest BCUT2D eigenvalue weighted by molar-refractivity contribution is 5.85. The summed E-state index contributed by atoms with van der Waals surface area (Å²) >= 11 is 0. The Balaban J connectivity index is 0.00000176. The summed E-state index contributed by atoms with van der Waals surface area (Å²) in [5, 5.41) is 3.43. The maximum absolute atomic E-state index is 6.14. The van der Waals surface area contributed by atoms with Crippen molar-refractivity contribution < 1.29 is 4.74 Å². The molecular formula is C19H24ClNO. The van der Waals surface area contributed by atoms with Gasteiger partial charge in [0.25, 0.3) is 0 Å². The molecule has 1 fully saturated rings. The van der Waals surface area contributed by atoms with Crippen LogP contribution >= 0.6 is 12.4 Å². The van der Waals surface area contributed by atoms with E-state index < -0.39 is 0 Å². The van der Waals surface area contributed by atoms with Gasteiger partial charge in [-0.1, -0.05) is 42.5 Å². The fourth-order valence-corrected chi connectivity index (χ4v) is 2.97. The van der Waals surface area contributed by atoms with Crippen molar-refractivity contribution in [1.82, 2.24) is 5.32 Å². The van der Waals surface area contributed by atoms with E-state index in [0.29, 0.717) is 12.5 Å². The third kappa shape index (κ3) is 4.25. The number of piperidine rings is 1. The van der Waals surface area contributed by atoms with Gasteiger partial charge in [-0.3, -0.25) is 0 Å². The molecule has 1 saturated heterocycles. The van der Waals surface area contributed by atoms with E-state index in [1.165, 1.54) is 29.5 Å². The van der Waals surface area contributed by atoms with Crippen molar-refractivity contribution in [2.24, 2.45) is 0 Å². The Bertz CT molecular complexity index is 579. The quantitative estimate of drug-likeness (QED) is 0.898. The minimum atomic E-state index is 0. The highest BCUT2D eigenvalue weighted by atomic mass is 35.5. The van der Waals surface area contributed by atoms with E-state index in [0.717, 1.165) is 18.8 Å². The Morgan fingerprint density at radius 1 is 1.05 bits per heavy atom. The first-order valence-electron chi connectivity index (χ1n) is 7.81. The minimum absolute atomic E-state index is 0. The maximum atomic E-state index is 6.14. The summed E-state index contributed by atoms with van der Waals surface area (Å²) in [7, 11) is 0. The van der Waals surface area contributed by atoms with Crippen molar-refractivity contribution >= 4 is 12.4 Å². The summed E-state index contributed by atoms with van der Waals surface area (Å²) in [6.07, 6.45) is 2.40. The van der Waals surface area contributed by atoms with E-state index in [-0.39, 0.29) is 12.4 Å². The normalized spacial score (nSPS) is 15.1. The number of ether oxygens (including phenoxy) is 1. The maximum Gasteiger partial charge on any atom is 0.123 e. The summed E-state index contributed by atoms with van der Waals surface area (Å²) in [5.74, 6) is 1.68. The van der Waals surface area contributed by atoms with Crippen LogP contribution in [-0.4, -0.2) is 13.1 Å². The van der Waals surface area contributed by atoms with Gasteiger partial charge in [0.1, 0.15) is 12.4 Å². The topological polar surface area (TPSA) is 21.3 Å². The molecule has 1 N–H and O–H groups in total. The molecule has 0 atom stereocenters. The van der Waals surface area contributed by atoms with Crippen LogP contribution < -0.4 is 10.1 Å². The lowest BCUT2D eigenvalue weighted by Gasteiger charge is -2.25. The fourth-order valence-electron chi connectivity index (χ4n) is 2.97. The zero-order valence-electron chi connectivity index (χ0n) is 13.0. The van der Waals surface area contributed by atoms with Crippen molar-refractivity contribution in [3.8, 4) is 5.75 Å². The molecule has 0 amide bonds. The first-order valence-corrected chi connectivity index (χ1v) is 7.81. The van der Waals surface area contributed by atoms with Crippen molar-refractivity contribution in [2.75, 3.05) is 13.1 Å². The van der Waals surface area contributed by atoms with Crippen LogP contribution in [0.2, 0.25) is 0 Å². The van der Waals surface area contributed by atoms with Crippen LogP contribution in [0.1, 0.15) is 35.4 Å². The molecular weight excluding hydrogens is 294 g/mol. The van der Waals surface area contributed by atoms with Crippen LogP contribution in [0.3, 0.4) is 0 Å². The smallest absolute Gasteiger partial charge is 0.123 e. The van der Waals surface area contributed by atoms with Gasteiger partial charge in [-0.25, -0.2) is 0 Å². The zero-order chi connectivity index (χ0) is 14.5. The molecule has 2 aromatic rings. The molecule has 0 spiro atoms. The molecule has 3 rings (SSSR count). The highest BCUT2D eigenvalue weighted by Gasteiger charge is 2.19. The second-order valence-corrected chi connectivity index (χ2v) is 5.84. The average Bonchev–Trinajstić information content (AvgIpc) is 2.55. The van der Waals surface area contributed by atoms with Crippen molar-refractivity contribution in [2.45, 2.75) is 32.3 Å². The largest absolute Gasteiger partial charge is 0.489 e. The molecule has 22 heavy (non-hydrogen) atoms. The second kappa shape index (κ2) is 8.21. The molecule has 1 heterocycles. The van der Waals surface area contributed by atoms with E-state index in [2.05, 4.69) is 54.7 Å². The van der Waals surface area contributed by atoms with Gasteiger partial charge in [0.15, 0.2) is 0 Å². The lowest BCUT2D eigenvalue weighted by atomic mass is 9.89. The number of halogens is 1. The standard InChI is InChI=1S/C19H23NO.ClH/c1-15-7-8-18(17-9-11-20-12-10-17)19(13-15)21-14-16-5-3-2-4-6-16;/h2-8,13,17,20H,9-12,14H2,1H3;1H. The third-order valence-electron chi connectivity index (χ3n) is 4.19. The van der Waals surface area contributed by atoms with E-state index >= 15 is 0 Å². The SMILES string of the molecule is Cc1ccc(C2CCNCC2)c(OCc2ccccc2)c1.Cl. The van der Waals surface area contributed by atoms with Crippen LogP contribution in [0.4, 0.5) is 0 Å². The number of benzene rings is 2. The van der Waals surface area contributed by atoms with Crippen LogP contribution in [0.25, 0.3) is 0 Å². The van der Waals surface area contributed by atoms with Crippen LogP contribution in [-0.2, 0) is 6.61 Å². The molecule has 0 bridgehead atoms. The van der Waals surface area contributed by atoms with Gasteiger partial charge in [0, 0.05) is 0 Å². The molecule has 1 aliphatic rings. The summed E-state index contributed by atoms with van der Waals surface area (Å²) in [4.78, 5) is 0. The van der Waals surface area contributed by atoms with Crippen molar-refractivity contribution in [3.63, 3.8) is 0 Å². The van der Waals surface area contributed by atoms with Gasteiger partial charge < -0.3 is 10.1 Å². The summed E-state index contributed by atoms with van der Waals surface area (Å²) in [5.41, 5.74) is 3.85. The van der Waals surface area contributed by atoms with Crippen LogP contribution in [0.15, 0.2) is 48.5 Å². The molecule has 0 unspecified atom stereocenters. The molecule has 0 aromatic heterocycles. The first kappa shape index (κ1) is 16.9. The number of nitrogens with one attached hydrogen (secondary N) is 1. The van der Waals surface area contributed by atoms with Gasteiger partial charge >= 0.3 is 0 Å². The summed E-state index contributed by atoms with van der Waals surface area (Å²) in [6.45, 7) is 4.98. The Morgan fingerprint density at radius 3 is 2.50 bits per heavy atom. The van der Waals surface area contributed by atoms with Gasteiger partial charge in [0.2, 0.25) is 0 Å². The molecule has 3 heteroatoms. The molecule has 1 aliphatic heterocycles. The van der Waals surface area contributed by atoms with E-state index in [9.17, 15) is 0 Å². The zero-order valence-corrected chi connectivity index (χ0v) is 13.9. The molecule has 2 aromatic carbocycles. The van der Waals surface area contributed by atoms with E-state index in [1.54, 1.807) is 0 Å². The fraction of sp³-hybridized carbons (Fsp3) is 0.368. The van der Waals surface area contributed by atoms with E-state index in [1.807, 2.05) is 6.07 Å². The molecule has 0 aliphatic carbocycles. The molecule has 0 radical (unpaired) electrons. The molecule has 2 nitrogen and oxygen atoms in total. The lowest BCUT2D eigenvalue weighted by Crippen LogP contribution is -2.26. The van der Waals surface area contributed by atoms with Gasteiger partial charge in [0.05, 0.1) is 0 Å². The lowest BCUT2D eigenvalue weighted by molar-refractivity contribution is 0.297. The first-order chi connectivity index (χ1) is 10.3. The van der Waals surface area contributed by atoms with Gasteiger partial charge in [-0.15, -0.1) is 12.4 Å². The number of aryl methyl sites for hydroxylation is 1. The average molecular weight is 318 g/mol. The van der Waals surface area contributed by atoms with Crippen LogP contribution in [0.5, 0.6) is 5.75 Å². The summed E-state index contributed by atoms with van der Waals surface area (Å²) < 4.78 is 6.14. The van der Waals surface area contributed by atoms with Gasteiger partial charge in [-0.2, -0.15) is 0 Å². The number of hydrogen-bond acceptors (Lipinski definition) is 2. The predicted octanol–water partition coefficient (Wildman–Crippen LogP) is 4.46. The second-order valence-electron chi connectivity index (χ2n) is 5.84. The van der Waals surface area contributed by atoms with Gasteiger partial charge in [-0.05, 0) is 61.5 Å². The predicted molar refractivity (Wildman–Crippen MR) is 94.0 cm³/mol. The monoisotopic (exact) mass is 317 g/mol. The van der Waals surface area contributed by atoms with E-state index in [4.69, 9.17) is 4.74 Å². The number of rotatable bonds is 4. The Kier molecular flexibility index (Phi) is 6.29. The Morgan fingerprint density at radius 2 is 1.77 bits per heavy atom. The Labute approximate surface area is 139 Å². The van der Waals surface area contributed by atoms with Crippen LogP contribution in [0, 0.1) is 6.92 Å². The van der Waals surface area contributed by atoms with Crippen molar-refractivity contribution in [1.29, 1.82) is 0 Å². The summed E-state index contributed by atoms with van der Waals surface area (Å²) in [6, 6.07) is 17.0. The highest BCUT2D eigenvalue weighted by Crippen LogP contribution is 2.33. The van der Waals surface area contributed by atoms with Crippen molar-refractivity contribution in [3.05, 3.63) is 65.2 Å².